The first-order valence-corrected chi connectivity index (χ1v) is 7.05. The van der Waals surface area contributed by atoms with Gasteiger partial charge in [0.1, 0.15) is 0 Å². The van der Waals surface area contributed by atoms with Gasteiger partial charge in [0.2, 0.25) is 0 Å². The molecule has 0 aliphatic carbocycles. The van der Waals surface area contributed by atoms with Gasteiger partial charge >= 0.3 is 0 Å². The first-order valence-electron chi connectivity index (χ1n) is 7.05. The van der Waals surface area contributed by atoms with Crippen LogP contribution in [0.25, 0.3) is 0 Å². The molecule has 0 spiro atoms. The van der Waals surface area contributed by atoms with E-state index in [1.54, 1.807) is 0 Å². The molecule has 1 unspecified atom stereocenters. The molecule has 0 radical (unpaired) electrons. The highest BCUT2D eigenvalue weighted by Crippen LogP contribution is 2.18. The number of carbonyl (C=O) groups is 1. The number of benzene rings is 2. The third kappa shape index (κ3) is 3.27. The minimum Gasteiger partial charge on any atom is -0.345 e. The van der Waals surface area contributed by atoms with Gasteiger partial charge in [0.25, 0.3) is 5.91 Å². The SMILES string of the molecule is CCC(NC(=O)c1cc(C)ccc1C)c1ccccc1. The second-order valence-electron chi connectivity index (χ2n) is 5.16. The quantitative estimate of drug-likeness (QED) is 0.884. The van der Waals surface area contributed by atoms with Crippen molar-refractivity contribution in [3.63, 3.8) is 0 Å². The van der Waals surface area contributed by atoms with Gasteiger partial charge in [-0.15, -0.1) is 0 Å². The fourth-order valence-corrected chi connectivity index (χ4v) is 2.32. The Labute approximate surface area is 120 Å². The summed E-state index contributed by atoms with van der Waals surface area (Å²) in [6.45, 7) is 6.06. The summed E-state index contributed by atoms with van der Waals surface area (Å²) in [4.78, 5) is 12.4. The monoisotopic (exact) mass is 267 g/mol. The highest BCUT2D eigenvalue weighted by molar-refractivity contribution is 5.96. The van der Waals surface area contributed by atoms with Crippen molar-refractivity contribution >= 4 is 5.91 Å². The Morgan fingerprint density at radius 1 is 1.10 bits per heavy atom. The lowest BCUT2D eigenvalue weighted by Crippen LogP contribution is -2.28. The molecule has 1 amide bonds. The number of hydrogen-bond acceptors (Lipinski definition) is 1. The van der Waals surface area contributed by atoms with Crippen LogP contribution in [0.4, 0.5) is 0 Å². The average Bonchev–Trinajstić information content (AvgIpc) is 2.48. The molecule has 0 fully saturated rings. The van der Waals surface area contributed by atoms with Crippen molar-refractivity contribution in [3.05, 3.63) is 70.8 Å². The van der Waals surface area contributed by atoms with Crippen LogP contribution >= 0.6 is 0 Å². The molecule has 2 heteroatoms. The molecule has 1 N–H and O–H groups in total. The zero-order chi connectivity index (χ0) is 14.5. The molecular formula is C18H21NO. The Bertz CT molecular complexity index is 590. The molecule has 0 bridgehead atoms. The zero-order valence-electron chi connectivity index (χ0n) is 12.3. The summed E-state index contributed by atoms with van der Waals surface area (Å²) >= 11 is 0. The first kappa shape index (κ1) is 14.3. The van der Waals surface area contributed by atoms with Gasteiger partial charge in [-0.25, -0.2) is 0 Å². The maximum atomic E-state index is 12.4. The summed E-state index contributed by atoms with van der Waals surface area (Å²) in [5, 5.41) is 3.13. The van der Waals surface area contributed by atoms with Gasteiger partial charge in [-0.1, -0.05) is 55.0 Å². The van der Waals surface area contributed by atoms with Gasteiger partial charge in [-0.2, -0.15) is 0 Å². The Kier molecular flexibility index (Phi) is 4.57. The Hall–Kier alpha value is -2.09. The molecule has 2 aromatic carbocycles. The molecule has 2 aromatic rings. The van der Waals surface area contributed by atoms with Crippen LogP contribution in [0.5, 0.6) is 0 Å². The van der Waals surface area contributed by atoms with Crippen molar-refractivity contribution in [2.24, 2.45) is 0 Å². The number of carbonyl (C=O) groups excluding carboxylic acids is 1. The van der Waals surface area contributed by atoms with E-state index in [-0.39, 0.29) is 11.9 Å². The largest absolute Gasteiger partial charge is 0.345 e. The maximum Gasteiger partial charge on any atom is 0.252 e. The smallest absolute Gasteiger partial charge is 0.252 e. The molecule has 104 valence electrons. The van der Waals surface area contributed by atoms with E-state index in [2.05, 4.69) is 24.4 Å². The lowest BCUT2D eigenvalue weighted by atomic mass is 10.0. The minimum absolute atomic E-state index is 0.00176. The number of aryl methyl sites for hydroxylation is 2. The summed E-state index contributed by atoms with van der Waals surface area (Å²) in [5.41, 5.74) is 4.03. The lowest BCUT2D eigenvalue weighted by Gasteiger charge is -2.18. The number of nitrogens with one attached hydrogen (secondary N) is 1. The fraction of sp³-hybridized carbons (Fsp3) is 0.278. The van der Waals surface area contributed by atoms with Crippen LogP contribution < -0.4 is 5.32 Å². The third-order valence-corrected chi connectivity index (χ3v) is 3.55. The van der Waals surface area contributed by atoms with Crippen molar-refractivity contribution in [2.45, 2.75) is 33.2 Å². The summed E-state index contributed by atoms with van der Waals surface area (Å²) < 4.78 is 0. The van der Waals surface area contributed by atoms with E-state index in [1.807, 2.05) is 50.2 Å². The number of amides is 1. The molecule has 20 heavy (non-hydrogen) atoms. The van der Waals surface area contributed by atoms with Crippen molar-refractivity contribution in [1.82, 2.24) is 5.32 Å². The third-order valence-electron chi connectivity index (χ3n) is 3.55. The Morgan fingerprint density at radius 2 is 1.80 bits per heavy atom. The minimum atomic E-state index is 0.00176. The lowest BCUT2D eigenvalue weighted by molar-refractivity contribution is 0.0935. The van der Waals surface area contributed by atoms with Crippen LogP contribution in [0.15, 0.2) is 48.5 Å². The Balaban J connectivity index is 2.20. The van der Waals surface area contributed by atoms with E-state index >= 15 is 0 Å². The van der Waals surface area contributed by atoms with Crippen LogP contribution in [-0.2, 0) is 0 Å². The van der Waals surface area contributed by atoms with Crippen molar-refractivity contribution < 1.29 is 4.79 Å². The molecule has 0 aliphatic rings. The second-order valence-corrected chi connectivity index (χ2v) is 5.16. The highest BCUT2D eigenvalue weighted by atomic mass is 16.1. The van der Waals surface area contributed by atoms with E-state index < -0.39 is 0 Å². The molecule has 0 aromatic heterocycles. The predicted octanol–water partition coefficient (Wildman–Crippen LogP) is 4.18. The summed E-state index contributed by atoms with van der Waals surface area (Å²) in [6, 6.07) is 16.1. The summed E-state index contributed by atoms with van der Waals surface area (Å²) in [7, 11) is 0. The van der Waals surface area contributed by atoms with Crippen molar-refractivity contribution in [3.8, 4) is 0 Å². The topological polar surface area (TPSA) is 29.1 Å². The molecule has 0 saturated heterocycles. The van der Waals surface area contributed by atoms with E-state index in [9.17, 15) is 4.79 Å². The van der Waals surface area contributed by atoms with E-state index in [4.69, 9.17) is 0 Å². The van der Waals surface area contributed by atoms with Crippen molar-refractivity contribution in [2.75, 3.05) is 0 Å². The van der Waals surface area contributed by atoms with Crippen LogP contribution in [0.3, 0.4) is 0 Å². The van der Waals surface area contributed by atoms with Gasteiger partial charge in [0, 0.05) is 5.56 Å². The predicted molar refractivity (Wildman–Crippen MR) is 82.9 cm³/mol. The van der Waals surface area contributed by atoms with Gasteiger partial charge < -0.3 is 5.32 Å². The molecular weight excluding hydrogens is 246 g/mol. The molecule has 0 saturated carbocycles. The van der Waals surface area contributed by atoms with Crippen LogP contribution in [-0.4, -0.2) is 5.91 Å². The zero-order valence-corrected chi connectivity index (χ0v) is 12.3. The number of rotatable bonds is 4. The molecule has 0 aliphatic heterocycles. The van der Waals surface area contributed by atoms with Crippen molar-refractivity contribution in [1.29, 1.82) is 0 Å². The van der Waals surface area contributed by atoms with Crippen LogP contribution in [0.2, 0.25) is 0 Å². The van der Waals surface area contributed by atoms with Crippen LogP contribution in [0.1, 0.15) is 46.4 Å². The number of hydrogen-bond donors (Lipinski definition) is 1. The van der Waals surface area contributed by atoms with E-state index in [0.717, 1.165) is 28.7 Å². The molecule has 2 rings (SSSR count). The van der Waals surface area contributed by atoms with Crippen LogP contribution in [0, 0.1) is 13.8 Å². The fourth-order valence-electron chi connectivity index (χ4n) is 2.32. The van der Waals surface area contributed by atoms with Gasteiger partial charge in [0.15, 0.2) is 0 Å². The highest BCUT2D eigenvalue weighted by Gasteiger charge is 2.15. The van der Waals surface area contributed by atoms with Gasteiger partial charge in [0.05, 0.1) is 6.04 Å². The van der Waals surface area contributed by atoms with E-state index in [1.165, 1.54) is 0 Å². The first-order chi connectivity index (χ1) is 9.61. The van der Waals surface area contributed by atoms with Gasteiger partial charge in [-0.3, -0.25) is 4.79 Å². The van der Waals surface area contributed by atoms with E-state index in [0.29, 0.717) is 0 Å². The summed E-state index contributed by atoms with van der Waals surface area (Å²) in [6.07, 6.45) is 0.876. The normalized spacial score (nSPS) is 11.9. The Morgan fingerprint density at radius 3 is 2.45 bits per heavy atom. The standard InChI is InChI=1S/C18H21NO/c1-4-17(15-8-6-5-7-9-15)19-18(20)16-12-13(2)10-11-14(16)3/h5-12,17H,4H2,1-3H3,(H,19,20). The molecule has 2 nitrogen and oxygen atoms in total. The maximum absolute atomic E-state index is 12.4. The van der Waals surface area contributed by atoms with Gasteiger partial charge in [-0.05, 0) is 37.5 Å². The summed E-state index contributed by atoms with van der Waals surface area (Å²) in [5.74, 6) is 0.00176. The second kappa shape index (κ2) is 6.38. The average molecular weight is 267 g/mol. The molecule has 1 atom stereocenters. The molecule has 0 heterocycles.